The van der Waals surface area contributed by atoms with Gasteiger partial charge in [-0.1, -0.05) is 78.4 Å². The molecular weight excluding hydrogens is 346 g/mol. The van der Waals surface area contributed by atoms with Crippen LogP contribution >= 0.6 is 0 Å². The average molecular weight is 367 g/mol. The predicted molar refractivity (Wildman–Crippen MR) is 102 cm³/mol. The van der Waals surface area contributed by atoms with Crippen LogP contribution in [0, 0.1) is 6.92 Å². The molecule has 0 aliphatic heterocycles. The fourth-order valence-electron chi connectivity index (χ4n) is 2.71. The molecule has 0 spiro atoms. The molecule has 2 N–H and O–H groups in total. The van der Waals surface area contributed by atoms with E-state index in [9.17, 15) is 8.42 Å². The quantitative estimate of drug-likeness (QED) is 0.665. The zero-order valence-electron chi connectivity index (χ0n) is 14.4. The first-order valence-corrected chi connectivity index (χ1v) is 9.73. The third-order valence-corrected chi connectivity index (χ3v) is 5.49. The molecule has 0 unspecified atom stereocenters. The van der Waals surface area contributed by atoms with Gasteiger partial charge in [-0.15, -0.1) is 0 Å². The van der Waals surface area contributed by atoms with Crippen LogP contribution in [0.15, 0.2) is 89.8 Å². The van der Waals surface area contributed by atoms with Crippen LogP contribution in [0.4, 0.5) is 0 Å². The highest BCUT2D eigenvalue weighted by Gasteiger charge is 2.29. The van der Waals surface area contributed by atoms with Gasteiger partial charge in [0.25, 0.3) is 10.1 Å². The van der Waals surface area contributed by atoms with Gasteiger partial charge in [-0.3, -0.25) is 4.18 Å². The van der Waals surface area contributed by atoms with E-state index in [2.05, 4.69) is 0 Å². The van der Waals surface area contributed by atoms with Crippen LogP contribution in [0.5, 0.6) is 0 Å². The summed E-state index contributed by atoms with van der Waals surface area (Å²) in [6, 6.07) is 24.5. The maximum absolute atomic E-state index is 12.8. The molecule has 0 saturated heterocycles. The Morgan fingerprint density at radius 2 is 1.27 bits per heavy atom. The highest BCUT2D eigenvalue weighted by atomic mass is 32.2. The van der Waals surface area contributed by atoms with Crippen LogP contribution in [0.2, 0.25) is 0 Å². The van der Waals surface area contributed by atoms with Crippen LogP contribution in [-0.4, -0.2) is 8.42 Å². The van der Waals surface area contributed by atoms with Crippen molar-refractivity contribution in [1.82, 2.24) is 0 Å². The Balaban J connectivity index is 1.97. The van der Waals surface area contributed by atoms with Crippen LogP contribution in [0.3, 0.4) is 0 Å². The van der Waals surface area contributed by atoms with E-state index in [1.807, 2.05) is 67.6 Å². The van der Waals surface area contributed by atoms with Gasteiger partial charge in [0.1, 0.15) is 6.10 Å². The minimum Gasteiger partial charge on any atom is -0.321 e. The zero-order chi connectivity index (χ0) is 18.6. The largest absolute Gasteiger partial charge is 0.321 e. The van der Waals surface area contributed by atoms with E-state index in [1.54, 1.807) is 24.3 Å². The molecule has 2 atom stereocenters. The number of aryl methyl sites for hydroxylation is 1. The van der Waals surface area contributed by atoms with Crippen molar-refractivity contribution in [2.75, 3.05) is 0 Å². The third-order valence-electron chi connectivity index (χ3n) is 4.18. The summed E-state index contributed by atoms with van der Waals surface area (Å²) >= 11 is 0. The molecule has 0 amide bonds. The zero-order valence-corrected chi connectivity index (χ0v) is 15.3. The maximum atomic E-state index is 12.8. The first-order chi connectivity index (χ1) is 12.5. The van der Waals surface area contributed by atoms with E-state index >= 15 is 0 Å². The van der Waals surface area contributed by atoms with Crippen molar-refractivity contribution in [3.05, 3.63) is 102 Å². The van der Waals surface area contributed by atoms with Gasteiger partial charge in [0, 0.05) is 0 Å². The summed E-state index contributed by atoms with van der Waals surface area (Å²) in [6.45, 7) is 1.90. The van der Waals surface area contributed by atoms with Gasteiger partial charge >= 0.3 is 0 Å². The molecule has 0 aromatic heterocycles. The van der Waals surface area contributed by atoms with Gasteiger partial charge in [0.05, 0.1) is 10.9 Å². The molecule has 0 bridgehead atoms. The van der Waals surface area contributed by atoms with Gasteiger partial charge < -0.3 is 5.73 Å². The van der Waals surface area contributed by atoms with E-state index in [1.165, 1.54) is 0 Å². The van der Waals surface area contributed by atoms with Gasteiger partial charge in [-0.25, -0.2) is 0 Å². The molecule has 26 heavy (non-hydrogen) atoms. The van der Waals surface area contributed by atoms with Crippen molar-refractivity contribution in [2.45, 2.75) is 24.0 Å². The Morgan fingerprint density at radius 3 is 1.81 bits per heavy atom. The van der Waals surface area contributed by atoms with Crippen LogP contribution in [0.1, 0.15) is 28.8 Å². The lowest BCUT2D eigenvalue weighted by Gasteiger charge is -2.24. The Bertz CT molecular complexity index is 940. The standard InChI is InChI=1S/C21H21NO3S/c1-16-12-14-19(15-13-16)26(23,24)25-21(18-10-6-3-7-11-18)20(22)17-8-4-2-5-9-17/h2-15,20-21H,22H2,1H3/t20-,21-/m0/s1. The second kappa shape index (κ2) is 7.83. The van der Waals surface area contributed by atoms with Crippen molar-refractivity contribution < 1.29 is 12.6 Å². The predicted octanol–water partition coefficient (Wildman–Crippen LogP) is 4.14. The van der Waals surface area contributed by atoms with E-state index in [0.717, 1.165) is 11.1 Å². The molecule has 3 rings (SSSR count). The molecule has 4 nitrogen and oxygen atoms in total. The molecule has 5 heteroatoms. The fourth-order valence-corrected chi connectivity index (χ4v) is 3.80. The smallest absolute Gasteiger partial charge is 0.297 e. The molecule has 134 valence electrons. The summed E-state index contributed by atoms with van der Waals surface area (Å²) in [6.07, 6.45) is -0.829. The lowest BCUT2D eigenvalue weighted by atomic mass is 9.97. The summed E-state index contributed by atoms with van der Waals surface area (Å²) in [4.78, 5) is 0.115. The number of hydrogen-bond donors (Lipinski definition) is 1. The summed E-state index contributed by atoms with van der Waals surface area (Å²) in [5.41, 5.74) is 8.88. The van der Waals surface area contributed by atoms with Crippen LogP contribution in [-0.2, 0) is 14.3 Å². The Morgan fingerprint density at radius 1 is 0.769 bits per heavy atom. The van der Waals surface area contributed by atoms with E-state index in [0.29, 0.717) is 5.56 Å². The Labute approximate surface area is 154 Å². The molecule has 3 aromatic carbocycles. The number of hydrogen-bond acceptors (Lipinski definition) is 4. The highest BCUT2D eigenvalue weighted by Crippen LogP contribution is 2.33. The molecule has 3 aromatic rings. The van der Waals surface area contributed by atoms with Gasteiger partial charge in [0.2, 0.25) is 0 Å². The first-order valence-electron chi connectivity index (χ1n) is 8.33. The molecule has 0 radical (unpaired) electrons. The molecule has 0 fully saturated rings. The van der Waals surface area contributed by atoms with Crippen molar-refractivity contribution >= 4 is 10.1 Å². The minimum absolute atomic E-state index is 0.115. The number of rotatable bonds is 6. The minimum atomic E-state index is -3.96. The molecular formula is C21H21NO3S. The van der Waals surface area contributed by atoms with Gasteiger partial charge in [-0.05, 0) is 30.2 Å². The van der Waals surface area contributed by atoms with E-state index < -0.39 is 22.3 Å². The molecule has 0 heterocycles. The topological polar surface area (TPSA) is 69.4 Å². The van der Waals surface area contributed by atoms with Gasteiger partial charge in [-0.2, -0.15) is 8.42 Å². The summed E-state index contributed by atoms with van der Waals surface area (Å²) in [5.74, 6) is 0. The summed E-state index contributed by atoms with van der Waals surface area (Å²) in [5, 5.41) is 0. The second-order valence-electron chi connectivity index (χ2n) is 6.13. The second-order valence-corrected chi connectivity index (χ2v) is 7.70. The lowest BCUT2D eigenvalue weighted by Crippen LogP contribution is -2.25. The van der Waals surface area contributed by atoms with Crippen molar-refractivity contribution in [3.63, 3.8) is 0 Å². The van der Waals surface area contributed by atoms with Crippen molar-refractivity contribution in [1.29, 1.82) is 0 Å². The Hall–Kier alpha value is -2.47. The number of nitrogens with two attached hydrogens (primary N) is 1. The molecule has 0 saturated carbocycles. The van der Waals surface area contributed by atoms with E-state index in [-0.39, 0.29) is 4.90 Å². The van der Waals surface area contributed by atoms with E-state index in [4.69, 9.17) is 9.92 Å². The summed E-state index contributed by atoms with van der Waals surface area (Å²) in [7, 11) is -3.96. The SMILES string of the molecule is Cc1ccc(S(=O)(=O)O[C@@H](c2ccccc2)[C@@H](N)c2ccccc2)cc1. The van der Waals surface area contributed by atoms with Crippen molar-refractivity contribution in [2.24, 2.45) is 5.73 Å². The van der Waals surface area contributed by atoms with Crippen LogP contribution in [0.25, 0.3) is 0 Å². The fraction of sp³-hybridized carbons (Fsp3) is 0.143. The highest BCUT2D eigenvalue weighted by molar-refractivity contribution is 7.86. The lowest BCUT2D eigenvalue weighted by molar-refractivity contribution is 0.182. The van der Waals surface area contributed by atoms with Crippen LogP contribution < -0.4 is 5.73 Å². The summed E-state index contributed by atoms with van der Waals surface area (Å²) < 4.78 is 31.2. The van der Waals surface area contributed by atoms with Gasteiger partial charge in [0.15, 0.2) is 0 Å². The Kier molecular flexibility index (Phi) is 5.52. The molecule has 0 aliphatic carbocycles. The number of benzene rings is 3. The van der Waals surface area contributed by atoms with Crippen molar-refractivity contribution in [3.8, 4) is 0 Å². The maximum Gasteiger partial charge on any atom is 0.297 e. The average Bonchev–Trinajstić information content (AvgIpc) is 2.67. The normalized spacial score (nSPS) is 13.9. The first kappa shape index (κ1) is 18.3. The third kappa shape index (κ3) is 4.19. The monoisotopic (exact) mass is 367 g/mol. The molecule has 0 aliphatic rings.